The molecule has 3 aliphatic rings. The first-order chi connectivity index (χ1) is 20.2. The smallest absolute Gasteiger partial charge is 0.255 e. The summed E-state index contributed by atoms with van der Waals surface area (Å²) < 4.78 is 0. The largest absolute Gasteiger partial charge is 0.508 e. The van der Waals surface area contributed by atoms with Gasteiger partial charge in [0.15, 0.2) is 11.4 Å². The van der Waals surface area contributed by atoms with Gasteiger partial charge in [-0.3, -0.25) is 24.1 Å². The van der Waals surface area contributed by atoms with E-state index < -0.39 is 64.0 Å². The van der Waals surface area contributed by atoms with Crippen molar-refractivity contribution in [3.8, 4) is 16.9 Å². The fraction of sp³-hybridized carbons (Fsp3) is 0.333. The number of hydrogen-bond acceptors (Lipinski definition) is 11. The number of rotatable bonds is 6. The van der Waals surface area contributed by atoms with Crippen LogP contribution in [0.5, 0.6) is 5.75 Å². The van der Waals surface area contributed by atoms with Crippen LogP contribution in [-0.2, 0) is 25.6 Å². The number of amides is 2. The molecule has 2 amide bonds. The number of carbonyl (C=O) groups excluding carboxylic acids is 4. The molecule has 0 saturated heterocycles. The van der Waals surface area contributed by atoms with Gasteiger partial charge >= 0.3 is 0 Å². The fourth-order valence-corrected chi connectivity index (χ4v) is 6.66. The Morgan fingerprint density at radius 2 is 1.70 bits per heavy atom. The van der Waals surface area contributed by atoms with Gasteiger partial charge in [-0.2, -0.15) is 5.06 Å². The van der Waals surface area contributed by atoms with Crippen molar-refractivity contribution in [1.82, 2.24) is 9.96 Å². The Morgan fingerprint density at radius 3 is 2.28 bits per heavy atom. The second-order valence-electron chi connectivity index (χ2n) is 11.4. The van der Waals surface area contributed by atoms with E-state index in [1.165, 1.54) is 32.1 Å². The summed E-state index contributed by atoms with van der Waals surface area (Å²) in [5.41, 5.74) is 3.84. The van der Waals surface area contributed by atoms with Crippen LogP contribution in [-0.4, -0.2) is 98.3 Å². The highest BCUT2D eigenvalue weighted by molar-refractivity contribution is 6.24. The second kappa shape index (κ2) is 10.6. The molecule has 0 unspecified atom stereocenters. The molecule has 5 rings (SSSR count). The van der Waals surface area contributed by atoms with Gasteiger partial charge in [-0.15, -0.1) is 0 Å². The van der Waals surface area contributed by atoms with Crippen molar-refractivity contribution in [2.24, 2.45) is 17.6 Å². The van der Waals surface area contributed by atoms with Crippen molar-refractivity contribution >= 4 is 34.8 Å². The van der Waals surface area contributed by atoms with Crippen molar-refractivity contribution < 1.29 is 44.8 Å². The Kier molecular flexibility index (Phi) is 7.38. The highest BCUT2D eigenvalue weighted by Crippen LogP contribution is 2.53. The van der Waals surface area contributed by atoms with Crippen LogP contribution in [0.3, 0.4) is 0 Å². The second-order valence-corrected chi connectivity index (χ2v) is 11.4. The number of benzene rings is 2. The number of aliphatic hydroxyl groups is 3. The van der Waals surface area contributed by atoms with Crippen molar-refractivity contribution in [3.63, 3.8) is 0 Å². The average molecular weight is 593 g/mol. The summed E-state index contributed by atoms with van der Waals surface area (Å²) in [6, 6.07) is 8.59. The maximum atomic E-state index is 14.0. The van der Waals surface area contributed by atoms with E-state index >= 15 is 0 Å². The monoisotopic (exact) mass is 592 g/mol. The lowest BCUT2D eigenvalue weighted by molar-refractivity contribution is -0.153. The lowest BCUT2D eigenvalue weighted by atomic mass is 9.57. The molecule has 13 nitrogen and oxygen atoms in total. The Bertz CT molecular complexity index is 1630. The van der Waals surface area contributed by atoms with E-state index in [1.54, 1.807) is 30.3 Å². The zero-order valence-electron chi connectivity index (χ0n) is 23.7. The molecular weight excluding hydrogens is 560 g/mol. The third-order valence-corrected chi connectivity index (χ3v) is 8.46. The number of aromatic hydroxyl groups is 1. The van der Waals surface area contributed by atoms with Crippen LogP contribution >= 0.6 is 0 Å². The minimum atomic E-state index is -2.71. The Balaban J connectivity index is 1.60. The third-order valence-electron chi connectivity index (χ3n) is 8.46. The lowest BCUT2D eigenvalue weighted by Crippen LogP contribution is -2.65. The molecular formula is C30H32N4O9. The Morgan fingerprint density at radius 1 is 1.05 bits per heavy atom. The van der Waals surface area contributed by atoms with Crippen molar-refractivity contribution in [1.29, 1.82) is 0 Å². The van der Waals surface area contributed by atoms with Crippen LogP contribution in [0.15, 0.2) is 53.3 Å². The Hall–Kier alpha value is -4.56. The van der Waals surface area contributed by atoms with Gasteiger partial charge < -0.3 is 36.7 Å². The molecule has 2 aromatic carbocycles. The van der Waals surface area contributed by atoms with E-state index in [-0.39, 0.29) is 36.3 Å². The topological polar surface area (TPSA) is 214 Å². The molecule has 0 aromatic heterocycles. The minimum Gasteiger partial charge on any atom is -0.508 e. The number of anilines is 1. The zero-order chi connectivity index (χ0) is 31.5. The van der Waals surface area contributed by atoms with Crippen LogP contribution < -0.4 is 11.1 Å². The quantitative estimate of drug-likeness (QED) is 0.185. The summed E-state index contributed by atoms with van der Waals surface area (Å²) >= 11 is 0. The molecule has 1 fully saturated rings. The summed E-state index contributed by atoms with van der Waals surface area (Å²) in [6.45, 7) is -0.227. The molecule has 4 atom stereocenters. The first-order valence-corrected chi connectivity index (χ1v) is 13.5. The average Bonchev–Trinajstić information content (AvgIpc) is 2.90. The van der Waals surface area contributed by atoms with Gasteiger partial charge in [-0.25, -0.2) is 0 Å². The molecule has 13 heteroatoms. The van der Waals surface area contributed by atoms with Crippen LogP contribution in [0.2, 0.25) is 0 Å². The Labute approximate surface area is 246 Å². The summed E-state index contributed by atoms with van der Waals surface area (Å²) in [4.78, 5) is 52.8. The van der Waals surface area contributed by atoms with Crippen molar-refractivity contribution in [3.05, 3.63) is 64.4 Å². The van der Waals surface area contributed by atoms with E-state index in [1.807, 2.05) is 0 Å². The molecule has 0 heterocycles. The van der Waals surface area contributed by atoms with Crippen LogP contribution in [0.4, 0.5) is 5.69 Å². The maximum Gasteiger partial charge on any atom is 0.255 e. The molecule has 2 aromatic rings. The molecule has 8 N–H and O–H groups in total. The maximum absolute atomic E-state index is 14.0. The number of phenols is 1. The molecule has 0 radical (unpaired) electrons. The summed E-state index contributed by atoms with van der Waals surface area (Å²) in [5, 5.41) is 57.6. The standard InChI is InChI=1S/C30H32N4O9/c1-33(2)24-18-11-14-10-17-16(13-4-6-15(7-5-13)32-20(36)12-34(3)43)8-9-19(35)22(17)25(37)21(14)27(39)30(18,42)28(40)23(26(24)38)29(31)41/h4-9,14,18,24,35,37,40,42-43H,10-12H2,1-3H3,(H2,31,41)(H,32,36)/t14-,18-,24+,30-/m0/s1. The summed E-state index contributed by atoms with van der Waals surface area (Å²) in [7, 11) is 4.42. The predicted molar refractivity (Wildman–Crippen MR) is 153 cm³/mol. The molecule has 1 saturated carbocycles. The minimum absolute atomic E-state index is 0.0165. The number of likely N-dealkylation sites (N-methyl/N-ethyl adjacent to an activating group) is 2. The summed E-state index contributed by atoms with van der Waals surface area (Å²) in [6.07, 6.45) is 0.116. The normalized spacial score (nSPS) is 25.0. The third kappa shape index (κ3) is 4.66. The number of Topliss-reactive ketones (excluding diaryl/α,β-unsaturated/α-hetero) is 2. The lowest BCUT2D eigenvalue weighted by Gasteiger charge is -2.50. The van der Waals surface area contributed by atoms with Crippen molar-refractivity contribution in [2.75, 3.05) is 33.0 Å². The van der Waals surface area contributed by atoms with Gasteiger partial charge in [-0.1, -0.05) is 18.2 Å². The van der Waals surface area contributed by atoms with Gasteiger partial charge in [0.1, 0.15) is 29.4 Å². The number of hydroxylamine groups is 2. The first kappa shape index (κ1) is 29.9. The van der Waals surface area contributed by atoms with E-state index in [4.69, 9.17) is 5.73 Å². The fourth-order valence-electron chi connectivity index (χ4n) is 6.66. The van der Waals surface area contributed by atoms with Crippen LogP contribution in [0, 0.1) is 11.8 Å². The number of hydrogen-bond donors (Lipinski definition) is 7. The van der Waals surface area contributed by atoms with E-state index in [0.29, 0.717) is 22.4 Å². The van der Waals surface area contributed by atoms with Gasteiger partial charge in [-0.05, 0) is 67.7 Å². The molecule has 0 spiro atoms. The van der Waals surface area contributed by atoms with E-state index in [9.17, 15) is 44.8 Å². The molecule has 0 aliphatic heterocycles. The molecule has 226 valence electrons. The predicted octanol–water partition coefficient (Wildman–Crippen LogP) is 0.891. The number of nitrogens with one attached hydrogen (secondary N) is 1. The number of fused-ring (bicyclic) bond motifs is 3. The van der Waals surface area contributed by atoms with Gasteiger partial charge in [0.25, 0.3) is 5.91 Å². The van der Waals surface area contributed by atoms with Gasteiger partial charge in [0.2, 0.25) is 11.7 Å². The van der Waals surface area contributed by atoms with Crippen LogP contribution in [0.1, 0.15) is 17.5 Å². The number of carbonyl (C=O) groups is 4. The van der Waals surface area contributed by atoms with Crippen molar-refractivity contribution in [2.45, 2.75) is 24.5 Å². The zero-order valence-corrected chi connectivity index (χ0v) is 23.7. The number of primary amides is 1. The molecule has 0 bridgehead atoms. The molecule has 43 heavy (non-hydrogen) atoms. The number of phenolic OH excluding ortho intramolecular Hbond substituents is 1. The number of ketones is 2. The highest BCUT2D eigenvalue weighted by Gasteiger charge is 2.64. The highest BCUT2D eigenvalue weighted by atomic mass is 16.5. The van der Waals surface area contributed by atoms with Crippen LogP contribution in [0.25, 0.3) is 16.9 Å². The van der Waals surface area contributed by atoms with E-state index in [0.717, 1.165) is 5.06 Å². The number of nitrogens with two attached hydrogens (primary N) is 1. The first-order valence-electron chi connectivity index (χ1n) is 13.5. The summed E-state index contributed by atoms with van der Waals surface area (Å²) in [5.74, 6) is -7.53. The van der Waals surface area contributed by atoms with Gasteiger partial charge in [0.05, 0.1) is 11.6 Å². The number of aliphatic hydroxyl groups excluding tert-OH is 2. The van der Waals surface area contributed by atoms with E-state index in [2.05, 4.69) is 5.32 Å². The molecule has 3 aliphatic carbocycles. The SMILES string of the molecule is CN(O)CC(=O)Nc1ccc(-c2ccc(O)c3c2C[C@H]2C[C@H]4[C@@H](N(C)C)C(=O)C(C(N)=O)=C(O)[C@@]4(O)C(=O)C2=C3O)cc1. The number of nitrogens with zero attached hydrogens (tertiary/aromatic N) is 2. The van der Waals surface area contributed by atoms with Gasteiger partial charge in [0, 0.05) is 24.2 Å².